The van der Waals surface area contributed by atoms with Crippen LogP contribution in [0.15, 0.2) is 17.0 Å². The van der Waals surface area contributed by atoms with Crippen LogP contribution in [0.25, 0.3) is 0 Å². The molecule has 3 nitrogen and oxygen atoms in total. The zero-order chi connectivity index (χ0) is 13.8. The number of nitriles is 1. The number of anilines is 1. The highest BCUT2D eigenvalue weighted by atomic mass is 32.2. The van der Waals surface area contributed by atoms with E-state index in [0.29, 0.717) is 6.04 Å². The van der Waals surface area contributed by atoms with Crippen molar-refractivity contribution in [3.63, 3.8) is 0 Å². The molecule has 0 saturated carbocycles. The molecule has 0 aromatic heterocycles. The van der Waals surface area contributed by atoms with Gasteiger partial charge in [0.25, 0.3) is 0 Å². The fourth-order valence-corrected chi connectivity index (χ4v) is 3.29. The number of hydrogen-bond donors (Lipinski definition) is 0. The normalized spacial score (nSPS) is 19.3. The summed E-state index contributed by atoms with van der Waals surface area (Å²) in [5.74, 6) is 0.982. The first-order valence-electron chi connectivity index (χ1n) is 6.69. The van der Waals surface area contributed by atoms with Crippen molar-refractivity contribution >= 4 is 17.4 Å². The minimum absolute atomic E-state index is 0.389. The predicted molar refractivity (Wildman–Crippen MR) is 79.9 cm³/mol. The van der Waals surface area contributed by atoms with Crippen LogP contribution in [0.1, 0.15) is 25.0 Å². The fraction of sp³-hybridized carbons (Fsp3) is 0.533. The lowest BCUT2D eigenvalue weighted by molar-refractivity contribution is 0.0989. The summed E-state index contributed by atoms with van der Waals surface area (Å²) >= 11 is 1.74. The largest absolute Gasteiger partial charge is 0.377 e. The Morgan fingerprint density at radius 2 is 2.32 bits per heavy atom. The molecule has 1 fully saturated rings. The molecule has 1 aromatic carbocycles. The van der Waals surface area contributed by atoms with E-state index in [1.807, 2.05) is 6.92 Å². The molecular formula is C15H20N2OS. The molecule has 1 aromatic rings. The van der Waals surface area contributed by atoms with Gasteiger partial charge in [-0.3, -0.25) is 0 Å². The second kappa shape index (κ2) is 6.31. The van der Waals surface area contributed by atoms with Crippen molar-refractivity contribution in [3.8, 4) is 6.07 Å². The van der Waals surface area contributed by atoms with Crippen molar-refractivity contribution in [1.29, 1.82) is 5.26 Å². The lowest BCUT2D eigenvalue weighted by Crippen LogP contribution is -2.43. The molecular weight excluding hydrogens is 256 g/mol. The van der Waals surface area contributed by atoms with E-state index < -0.39 is 0 Å². The Hall–Kier alpha value is -1.18. The van der Waals surface area contributed by atoms with Crippen LogP contribution in [0.3, 0.4) is 0 Å². The molecule has 102 valence electrons. The van der Waals surface area contributed by atoms with Gasteiger partial charge in [0.05, 0.1) is 18.8 Å². The van der Waals surface area contributed by atoms with Gasteiger partial charge in [-0.15, -0.1) is 11.8 Å². The SMILES string of the molecule is CCSc1cc(N2CCOC[C@H]2C)cc(C)c1C#N. The Morgan fingerprint density at radius 3 is 2.95 bits per heavy atom. The number of thioether (sulfide) groups is 1. The van der Waals surface area contributed by atoms with Crippen LogP contribution in [0, 0.1) is 18.3 Å². The second-order valence-corrected chi connectivity index (χ2v) is 6.10. The Balaban J connectivity index is 2.38. The van der Waals surface area contributed by atoms with Crippen LogP contribution in [0.4, 0.5) is 5.69 Å². The average molecular weight is 276 g/mol. The van der Waals surface area contributed by atoms with E-state index in [1.54, 1.807) is 11.8 Å². The molecule has 19 heavy (non-hydrogen) atoms. The molecule has 0 aliphatic carbocycles. The molecule has 0 N–H and O–H groups in total. The van der Waals surface area contributed by atoms with E-state index in [0.717, 1.165) is 41.5 Å². The summed E-state index contributed by atoms with van der Waals surface area (Å²) in [6, 6.07) is 6.99. The zero-order valence-corrected chi connectivity index (χ0v) is 12.6. The molecule has 4 heteroatoms. The minimum atomic E-state index is 0.389. The van der Waals surface area contributed by atoms with Crippen LogP contribution in [0.5, 0.6) is 0 Å². The van der Waals surface area contributed by atoms with Gasteiger partial charge in [-0.25, -0.2) is 0 Å². The number of nitrogens with zero attached hydrogens (tertiary/aromatic N) is 2. The molecule has 0 bridgehead atoms. The van der Waals surface area contributed by atoms with E-state index in [1.165, 1.54) is 5.69 Å². The maximum absolute atomic E-state index is 9.28. The summed E-state index contributed by atoms with van der Waals surface area (Å²) in [5.41, 5.74) is 3.09. The van der Waals surface area contributed by atoms with Crippen LogP contribution in [-0.4, -0.2) is 31.6 Å². The van der Waals surface area contributed by atoms with E-state index in [2.05, 4.69) is 36.9 Å². The van der Waals surface area contributed by atoms with Crippen molar-refractivity contribution in [2.45, 2.75) is 31.7 Å². The molecule has 1 aliphatic heterocycles. The highest BCUT2D eigenvalue weighted by molar-refractivity contribution is 7.99. The smallest absolute Gasteiger partial charge is 0.101 e. The standard InChI is InChI=1S/C15H20N2OS/c1-4-19-15-8-13(7-11(2)14(15)9-16)17-5-6-18-10-12(17)3/h7-8,12H,4-6,10H2,1-3H3/t12-/m1/s1. The van der Waals surface area contributed by atoms with Gasteiger partial charge in [0.2, 0.25) is 0 Å². The van der Waals surface area contributed by atoms with Crippen molar-refractivity contribution in [3.05, 3.63) is 23.3 Å². The molecule has 0 spiro atoms. The molecule has 1 aliphatic rings. The van der Waals surface area contributed by atoms with Gasteiger partial charge >= 0.3 is 0 Å². The number of morpholine rings is 1. The van der Waals surface area contributed by atoms with E-state index in [4.69, 9.17) is 4.74 Å². The van der Waals surface area contributed by atoms with Gasteiger partial charge in [0.15, 0.2) is 0 Å². The van der Waals surface area contributed by atoms with Crippen LogP contribution in [0.2, 0.25) is 0 Å². The first-order valence-corrected chi connectivity index (χ1v) is 7.67. The Bertz CT molecular complexity index is 496. The second-order valence-electron chi connectivity index (χ2n) is 4.80. The van der Waals surface area contributed by atoms with Gasteiger partial charge in [-0.2, -0.15) is 5.26 Å². The first kappa shape index (κ1) is 14.2. The van der Waals surface area contributed by atoms with Crippen molar-refractivity contribution in [2.75, 3.05) is 30.4 Å². The predicted octanol–water partition coefficient (Wildman–Crippen LogP) is 3.20. The molecule has 1 heterocycles. The number of aryl methyl sites for hydroxylation is 1. The van der Waals surface area contributed by atoms with Crippen molar-refractivity contribution in [1.82, 2.24) is 0 Å². The fourth-order valence-electron chi connectivity index (χ4n) is 2.43. The molecule has 1 saturated heterocycles. The Morgan fingerprint density at radius 1 is 1.53 bits per heavy atom. The lowest BCUT2D eigenvalue weighted by atomic mass is 10.1. The summed E-state index contributed by atoms with van der Waals surface area (Å²) in [5, 5.41) is 9.28. The van der Waals surface area contributed by atoms with Gasteiger partial charge in [-0.1, -0.05) is 6.92 Å². The number of rotatable bonds is 3. The Labute approximate surface area is 119 Å². The molecule has 1 atom stereocenters. The van der Waals surface area contributed by atoms with Crippen LogP contribution < -0.4 is 4.90 Å². The van der Waals surface area contributed by atoms with Crippen LogP contribution >= 0.6 is 11.8 Å². The summed E-state index contributed by atoms with van der Waals surface area (Å²) in [4.78, 5) is 3.47. The summed E-state index contributed by atoms with van der Waals surface area (Å²) in [6.07, 6.45) is 0. The lowest BCUT2D eigenvalue weighted by Gasteiger charge is -2.35. The Kier molecular flexibility index (Phi) is 4.73. The van der Waals surface area contributed by atoms with Gasteiger partial charge in [0.1, 0.15) is 6.07 Å². The minimum Gasteiger partial charge on any atom is -0.377 e. The third kappa shape index (κ3) is 3.05. The number of hydrogen-bond acceptors (Lipinski definition) is 4. The first-order chi connectivity index (χ1) is 9.17. The van der Waals surface area contributed by atoms with Gasteiger partial charge < -0.3 is 9.64 Å². The van der Waals surface area contributed by atoms with Crippen LogP contribution in [-0.2, 0) is 4.74 Å². The third-order valence-electron chi connectivity index (χ3n) is 3.40. The van der Waals surface area contributed by atoms with E-state index in [-0.39, 0.29) is 0 Å². The maximum atomic E-state index is 9.28. The average Bonchev–Trinajstić information content (AvgIpc) is 2.39. The summed E-state index contributed by atoms with van der Waals surface area (Å²) in [7, 11) is 0. The maximum Gasteiger partial charge on any atom is 0.101 e. The summed E-state index contributed by atoms with van der Waals surface area (Å²) in [6.45, 7) is 8.79. The van der Waals surface area contributed by atoms with Gasteiger partial charge in [0, 0.05) is 23.2 Å². The summed E-state index contributed by atoms with van der Waals surface area (Å²) < 4.78 is 5.49. The van der Waals surface area contributed by atoms with Crippen molar-refractivity contribution in [2.24, 2.45) is 0 Å². The monoisotopic (exact) mass is 276 g/mol. The molecule has 0 radical (unpaired) electrons. The number of benzene rings is 1. The topological polar surface area (TPSA) is 36.3 Å². The van der Waals surface area contributed by atoms with E-state index in [9.17, 15) is 5.26 Å². The van der Waals surface area contributed by atoms with Gasteiger partial charge in [-0.05, 0) is 37.3 Å². The molecule has 0 amide bonds. The van der Waals surface area contributed by atoms with E-state index >= 15 is 0 Å². The number of ether oxygens (including phenoxy) is 1. The zero-order valence-electron chi connectivity index (χ0n) is 11.8. The highest BCUT2D eigenvalue weighted by Crippen LogP contribution is 2.31. The quantitative estimate of drug-likeness (QED) is 0.794. The third-order valence-corrected chi connectivity index (χ3v) is 4.32. The van der Waals surface area contributed by atoms with Crippen molar-refractivity contribution < 1.29 is 4.74 Å². The highest BCUT2D eigenvalue weighted by Gasteiger charge is 2.20. The molecule has 0 unspecified atom stereocenters. The molecule has 2 rings (SSSR count).